The zero-order valence-electron chi connectivity index (χ0n) is 21.0. The molecule has 34 heavy (non-hydrogen) atoms. The first kappa shape index (κ1) is 23.7. The van der Waals surface area contributed by atoms with E-state index < -0.39 is 6.10 Å². The SMILES string of the molecule is CC(=O)Nc1ccc(C(C)O)cc1O[C@H]1CCC2C3CC[C@H]4NC(=O)CC[C@]4(C)C3CC[C@@]21C. The summed E-state index contributed by atoms with van der Waals surface area (Å²) in [5, 5.41) is 16.3. The Morgan fingerprint density at radius 3 is 2.62 bits per heavy atom. The Balaban J connectivity index is 1.39. The Morgan fingerprint density at radius 1 is 1.12 bits per heavy atom. The molecule has 3 saturated carbocycles. The van der Waals surface area contributed by atoms with Crippen molar-refractivity contribution in [3.63, 3.8) is 0 Å². The van der Waals surface area contributed by atoms with Crippen molar-refractivity contribution in [3.05, 3.63) is 23.8 Å². The summed E-state index contributed by atoms with van der Waals surface area (Å²) in [6.45, 7) is 8.10. The molecule has 3 aliphatic carbocycles. The van der Waals surface area contributed by atoms with E-state index >= 15 is 0 Å². The predicted octanol–water partition coefficient (Wildman–Crippen LogP) is 4.97. The van der Waals surface area contributed by atoms with Crippen LogP contribution in [-0.4, -0.2) is 29.1 Å². The van der Waals surface area contributed by atoms with E-state index in [0.29, 0.717) is 41.7 Å². The number of carbonyl (C=O) groups is 2. The first-order chi connectivity index (χ1) is 16.1. The average molecular weight is 469 g/mol. The molecule has 1 saturated heterocycles. The normalized spacial score (nSPS) is 39.8. The highest BCUT2D eigenvalue weighted by molar-refractivity contribution is 5.90. The van der Waals surface area contributed by atoms with Gasteiger partial charge < -0.3 is 20.5 Å². The molecule has 4 unspecified atom stereocenters. The summed E-state index contributed by atoms with van der Waals surface area (Å²) in [6.07, 6.45) is 7.95. The van der Waals surface area contributed by atoms with Crippen LogP contribution in [0.4, 0.5) is 5.69 Å². The van der Waals surface area contributed by atoms with Crippen LogP contribution >= 0.6 is 0 Å². The third kappa shape index (κ3) is 3.82. The number of rotatable bonds is 4. The number of amides is 2. The van der Waals surface area contributed by atoms with Gasteiger partial charge in [-0.05, 0) is 92.7 Å². The number of carbonyl (C=O) groups excluding carboxylic acids is 2. The maximum atomic E-state index is 12.1. The molecule has 6 nitrogen and oxygen atoms in total. The minimum atomic E-state index is -0.594. The number of benzene rings is 1. The first-order valence-electron chi connectivity index (χ1n) is 13.2. The molecule has 2 amide bonds. The van der Waals surface area contributed by atoms with Gasteiger partial charge >= 0.3 is 0 Å². The van der Waals surface area contributed by atoms with E-state index in [-0.39, 0.29) is 28.7 Å². The second kappa shape index (κ2) is 8.54. The van der Waals surface area contributed by atoms with E-state index in [9.17, 15) is 14.7 Å². The van der Waals surface area contributed by atoms with Crippen LogP contribution in [0, 0.1) is 28.6 Å². The largest absolute Gasteiger partial charge is 0.488 e. The molecule has 0 bridgehead atoms. The molecule has 0 spiro atoms. The Bertz CT molecular complexity index is 977. The van der Waals surface area contributed by atoms with E-state index in [2.05, 4.69) is 24.5 Å². The monoisotopic (exact) mass is 468 g/mol. The lowest BCUT2D eigenvalue weighted by Crippen LogP contribution is -2.61. The smallest absolute Gasteiger partial charge is 0.221 e. The summed E-state index contributed by atoms with van der Waals surface area (Å²) >= 11 is 0. The summed E-state index contributed by atoms with van der Waals surface area (Å²) in [7, 11) is 0. The molecular formula is C28H40N2O4. The third-order valence-corrected chi connectivity index (χ3v) is 10.1. The van der Waals surface area contributed by atoms with Gasteiger partial charge in [0.2, 0.25) is 11.8 Å². The molecule has 4 aliphatic rings. The van der Waals surface area contributed by atoms with Crippen LogP contribution in [0.5, 0.6) is 5.75 Å². The zero-order chi connectivity index (χ0) is 24.3. The zero-order valence-corrected chi connectivity index (χ0v) is 21.0. The second-order valence-electron chi connectivity index (χ2n) is 11.9. The summed E-state index contributed by atoms with van der Waals surface area (Å²) in [5.74, 6) is 2.73. The fourth-order valence-corrected chi connectivity index (χ4v) is 8.19. The van der Waals surface area contributed by atoms with Crippen LogP contribution in [0.2, 0.25) is 0 Å². The number of nitrogens with one attached hydrogen (secondary N) is 2. The van der Waals surface area contributed by atoms with Gasteiger partial charge in [0.1, 0.15) is 11.9 Å². The van der Waals surface area contributed by atoms with Gasteiger partial charge in [0.05, 0.1) is 11.8 Å². The van der Waals surface area contributed by atoms with Crippen molar-refractivity contribution in [3.8, 4) is 5.75 Å². The van der Waals surface area contributed by atoms with E-state index in [1.54, 1.807) is 6.92 Å². The van der Waals surface area contributed by atoms with Crippen molar-refractivity contribution in [1.82, 2.24) is 5.32 Å². The lowest BCUT2D eigenvalue weighted by molar-refractivity contribution is -0.137. The van der Waals surface area contributed by atoms with E-state index in [1.807, 2.05) is 18.2 Å². The number of piperidine rings is 1. The number of hydrogen-bond donors (Lipinski definition) is 3. The van der Waals surface area contributed by atoms with Crippen molar-refractivity contribution in [2.24, 2.45) is 28.6 Å². The summed E-state index contributed by atoms with van der Waals surface area (Å²) in [5.41, 5.74) is 1.76. The van der Waals surface area contributed by atoms with E-state index in [0.717, 1.165) is 31.2 Å². The van der Waals surface area contributed by atoms with Gasteiger partial charge in [-0.25, -0.2) is 0 Å². The van der Waals surface area contributed by atoms with Gasteiger partial charge in [0, 0.05) is 24.8 Å². The van der Waals surface area contributed by atoms with Crippen LogP contribution in [-0.2, 0) is 9.59 Å². The number of anilines is 1. The standard InChI is InChI=1S/C28H40N2O4/c1-16(31)18-5-8-22(29-17(2)32)23(15-18)34-25-10-7-20-19-6-9-24-27(3,14-12-26(33)30-24)21(19)11-13-28(20,25)4/h5,8,15-16,19-21,24-25,31H,6-7,9-14H2,1-4H3,(H,29,32)(H,30,33)/t16?,19?,20?,21?,24-,25+,27-,28+/m1/s1. The minimum Gasteiger partial charge on any atom is -0.488 e. The first-order valence-corrected chi connectivity index (χ1v) is 13.2. The van der Waals surface area contributed by atoms with Crippen LogP contribution < -0.4 is 15.4 Å². The molecular weight excluding hydrogens is 428 g/mol. The highest BCUT2D eigenvalue weighted by Gasteiger charge is 2.61. The van der Waals surface area contributed by atoms with Gasteiger partial charge in [0.15, 0.2) is 0 Å². The van der Waals surface area contributed by atoms with Crippen molar-refractivity contribution in [2.45, 2.75) is 97.3 Å². The Labute approximate surface area is 203 Å². The minimum absolute atomic E-state index is 0.0896. The van der Waals surface area contributed by atoms with Crippen molar-refractivity contribution in [2.75, 3.05) is 5.32 Å². The van der Waals surface area contributed by atoms with Crippen molar-refractivity contribution < 1.29 is 19.4 Å². The van der Waals surface area contributed by atoms with Crippen LogP contribution in [0.3, 0.4) is 0 Å². The van der Waals surface area contributed by atoms with Gasteiger partial charge in [0.25, 0.3) is 0 Å². The van der Waals surface area contributed by atoms with Crippen LogP contribution in [0.15, 0.2) is 18.2 Å². The molecule has 1 heterocycles. The summed E-state index contributed by atoms with van der Waals surface area (Å²) in [6, 6.07) is 5.89. The number of aliphatic hydroxyl groups is 1. The summed E-state index contributed by atoms with van der Waals surface area (Å²) in [4.78, 5) is 23.9. The molecule has 8 atom stereocenters. The van der Waals surface area contributed by atoms with Crippen LogP contribution in [0.1, 0.15) is 90.7 Å². The lowest BCUT2D eigenvalue weighted by Gasteiger charge is -2.60. The second-order valence-corrected chi connectivity index (χ2v) is 11.9. The highest BCUT2D eigenvalue weighted by Crippen LogP contribution is 2.64. The van der Waals surface area contributed by atoms with Crippen molar-refractivity contribution >= 4 is 17.5 Å². The quantitative estimate of drug-likeness (QED) is 0.582. The molecule has 1 aliphatic heterocycles. The van der Waals surface area contributed by atoms with Crippen LogP contribution in [0.25, 0.3) is 0 Å². The third-order valence-electron chi connectivity index (χ3n) is 10.1. The molecule has 186 valence electrons. The molecule has 6 heteroatoms. The molecule has 4 fully saturated rings. The fraction of sp³-hybridized carbons (Fsp3) is 0.714. The van der Waals surface area contributed by atoms with Gasteiger partial charge in [-0.3, -0.25) is 9.59 Å². The maximum Gasteiger partial charge on any atom is 0.221 e. The molecule has 5 rings (SSSR count). The number of hydrogen-bond acceptors (Lipinski definition) is 4. The Hall–Kier alpha value is -2.08. The number of aliphatic hydroxyl groups excluding tert-OH is 1. The summed E-state index contributed by atoms with van der Waals surface area (Å²) < 4.78 is 6.71. The average Bonchev–Trinajstić information content (AvgIpc) is 3.11. The van der Waals surface area contributed by atoms with Gasteiger partial charge in [-0.15, -0.1) is 0 Å². The van der Waals surface area contributed by atoms with Gasteiger partial charge in [-0.2, -0.15) is 0 Å². The lowest BCUT2D eigenvalue weighted by atomic mass is 9.47. The molecule has 0 aromatic heterocycles. The molecule has 1 aromatic carbocycles. The topological polar surface area (TPSA) is 87.7 Å². The van der Waals surface area contributed by atoms with Gasteiger partial charge in [-0.1, -0.05) is 19.9 Å². The predicted molar refractivity (Wildman–Crippen MR) is 131 cm³/mol. The molecule has 0 radical (unpaired) electrons. The maximum absolute atomic E-state index is 12.1. The number of fused-ring (bicyclic) bond motifs is 5. The molecule has 3 N–H and O–H groups in total. The Morgan fingerprint density at radius 2 is 1.88 bits per heavy atom. The highest BCUT2D eigenvalue weighted by atomic mass is 16.5. The Kier molecular flexibility index (Phi) is 5.94. The number of ether oxygens (including phenoxy) is 1. The van der Waals surface area contributed by atoms with E-state index in [1.165, 1.54) is 26.2 Å². The van der Waals surface area contributed by atoms with Crippen molar-refractivity contribution in [1.29, 1.82) is 0 Å². The fourth-order valence-electron chi connectivity index (χ4n) is 8.19. The molecule has 1 aromatic rings. The van der Waals surface area contributed by atoms with E-state index in [4.69, 9.17) is 4.74 Å².